The Balaban J connectivity index is 2.01. The third-order valence-electron chi connectivity index (χ3n) is 3.38. The fraction of sp³-hybridized carbons (Fsp3) is 0.429. The van der Waals surface area contributed by atoms with Gasteiger partial charge in [-0.25, -0.2) is 0 Å². The van der Waals surface area contributed by atoms with E-state index in [1.807, 2.05) is 19.1 Å². The van der Waals surface area contributed by atoms with Gasteiger partial charge in [0, 0.05) is 36.1 Å². The van der Waals surface area contributed by atoms with Gasteiger partial charge in [-0.3, -0.25) is 9.59 Å². The van der Waals surface area contributed by atoms with Gasteiger partial charge in [-0.05, 0) is 37.1 Å². The van der Waals surface area contributed by atoms with Gasteiger partial charge in [0.2, 0.25) is 5.91 Å². The summed E-state index contributed by atoms with van der Waals surface area (Å²) in [4.78, 5) is 25.2. The van der Waals surface area contributed by atoms with Gasteiger partial charge in [0.25, 0.3) is 5.91 Å². The summed E-state index contributed by atoms with van der Waals surface area (Å²) in [5.41, 5.74) is 1.68. The molecule has 1 aliphatic rings. The largest absolute Gasteiger partial charge is 0.348 e. The van der Waals surface area contributed by atoms with Crippen LogP contribution in [0.15, 0.2) is 22.7 Å². The number of likely N-dealkylation sites (tertiary alicyclic amines) is 1. The number of carbonyl (C=O) groups is 2. The van der Waals surface area contributed by atoms with Crippen LogP contribution in [0.25, 0.3) is 0 Å². The Hall–Kier alpha value is -1.36. The molecule has 1 heterocycles. The molecular weight excluding hydrogens is 308 g/mol. The summed E-state index contributed by atoms with van der Waals surface area (Å²) >= 11 is 3.42. The van der Waals surface area contributed by atoms with Gasteiger partial charge in [0.15, 0.2) is 0 Å². The summed E-state index contributed by atoms with van der Waals surface area (Å²) in [7, 11) is 1.77. The standard InChI is InChI=1S/C14H17BrN2O2/c1-9-7-10(3-5-12(9)15)14(19)16-11-4-6-13(18)17(2)8-11/h3,5,7,11H,4,6,8H2,1-2H3,(H,16,19). The number of rotatable bonds is 2. The number of hydrogen-bond donors (Lipinski definition) is 1. The van der Waals surface area contributed by atoms with Crippen LogP contribution in [0.1, 0.15) is 28.8 Å². The van der Waals surface area contributed by atoms with Crippen LogP contribution in [0.5, 0.6) is 0 Å². The number of carbonyl (C=O) groups excluding carboxylic acids is 2. The Labute approximate surface area is 121 Å². The average molecular weight is 325 g/mol. The van der Waals surface area contributed by atoms with E-state index in [4.69, 9.17) is 0 Å². The first-order valence-corrected chi connectivity index (χ1v) is 7.07. The third-order valence-corrected chi connectivity index (χ3v) is 4.27. The molecule has 0 bridgehead atoms. The molecule has 1 saturated heterocycles. The first-order chi connectivity index (χ1) is 8.97. The second kappa shape index (κ2) is 5.74. The van der Waals surface area contributed by atoms with E-state index in [9.17, 15) is 9.59 Å². The summed E-state index contributed by atoms with van der Waals surface area (Å²) in [5, 5.41) is 2.98. The van der Waals surface area contributed by atoms with E-state index in [0.29, 0.717) is 24.9 Å². The van der Waals surface area contributed by atoms with Crippen LogP contribution in [0.3, 0.4) is 0 Å². The van der Waals surface area contributed by atoms with E-state index in [2.05, 4.69) is 21.2 Å². The lowest BCUT2D eigenvalue weighted by molar-refractivity contribution is -0.132. The Morgan fingerprint density at radius 2 is 2.21 bits per heavy atom. The minimum Gasteiger partial charge on any atom is -0.348 e. The fourth-order valence-electron chi connectivity index (χ4n) is 2.18. The molecule has 2 rings (SSSR count). The summed E-state index contributed by atoms with van der Waals surface area (Å²) in [6.07, 6.45) is 1.21. The number of benzene rings is 1. The first kappa shape index (κ1) is 14.1. The van der Waals surface area contributed by atoms with Crippen molar-refractivity contribution < 1.29 is 9.59 Å². The number of piperidine rings is 1. The van der Waals surface area contributed by atoms with Crippen LogP contribution in [-0.2, 0) is 4.79 Å². The first-order valence-electron chi connectivity index (χ1n) is 6.28. The minimum atomic E-state index is -0.0802. The summed E-state index contributed by atoms with van der Waals surface area (Å²) in [6.45, 7) is 2.54. The highest BCUT2D eigenvalue weighted by Crippen LogP contribution is 2.17. The fourth-order valence-corrected chi connectivity index (χ4v) is 2.43. The number of hydrogen-bond acceptors (Lipinski definition) is 2. The molecule has 0 saturated carbocycles. The van der Waals surface area contributed by atoms with Crippen molar-refractivity contribution in [1.29, 1.82) is 0 Å². The summed E-state index contributed by atoms with van der Waals surface area (Å²) < 4.78 is 0.993. The second-order valence-corrected chi connectivity index (χ2v) is 5.80. The maximum Gasteiger partial charge on any atom is 0.251 e. The number of likely N-dealkylation sites (N-methyl/N-ethyl adjacent to an activating group) is 1. The monoisotopic (exact) mass is 324 g/mol. The number of halogens is 1. The van der Waals surface area contributed by atoms with Crippen LogP contribution < -0.4 is 5.32 Å². The number of nitrogens with one attached hydrogen (secondary N) is 1. The number of nitrogens with zero attached hydrogens (tertiary/aromatic N) is 1. The molecule has 1 aliphatic heterocycles. The van der Waals surface area contributed by atoms with Gasteiger partial charge >= 0.3 is 0 Å². The van der Waals surface area contributed by atoms with Crippen molar-refractivity contribution in [3.05, 3.63) is 33.8 Å². The van der Waals surface area contributed by atoms with Crippen LogP contribution in [0, 0.1) is 6.92 Å². The van der Waals surface area contributed by atoms with Gasteiger partial charge < -0.3 is 10.2 Å². The van der Waals surface area contributed by atoms with E-state index in [0.717, 1.165) is 10.0 Å². The van der Waals surface area contributed by atoms with Crippen molar-refractivity contribution >= 4 is 27.7 Å². The van der Waals surface area contributed by atoms with E-state index < -0.39 is 0 Å². The normalized spacial score (nSPS) is 19.4. The van der Waals surface area contributed by atoms with Gasteiger partial charge in [-0.15, -0.1) is 0 Å². The zero-order valence-electron chi connectivity index (χ0n) is 11.1. The van der Waals surface area contributed by atoms with Crippen LogP contribution in [0.4, 0.5) is 0 Å². The van der Waals surface area contributed by atoms with Gasteiger partial charge in [0.1, 0.15) is 0 Å². The molecular formula is C14H17BrN2O2. The molecule has 0 spiro atoms. The molecule has 102 valence electrons. The maximum absolute atomic E-state index is 12.1. The Morgan fingerprint density at radius 3 is 2.84 bits per heavy atom. The lowest BCUT2D eigenvalue weighted by Gasteiger charge is -2.30. The molecule has 1 unspecified atom stereocenters. The Bertz CT molecular complexity index is 516. The molecule has 1 N–H and O–H groups in total. The predicted octanol–water partition coefficient (Wildman–Crippen LogP) is 2.11. The van der Waals surface area contributed by atoms with Gasteiger partial charge in [0.05, 0.1) is 0 Å². The summed E-state index contributed by atoms with van der Waals surface area (Å²) in [6, 6.07) is 5.57. The SMILES string of the molecule is Cc1cc(C(=O)NC2CCC(=O)N(C)C2)ccc1Br. The number of aryl methyl sites for hydroxylation is 1. The molecule has 2 amide bonds. The molecule has 1 atom stereocenters. The smallest absolute Gasteiger partial charge is 0.251 e. The summed E-state index contributed by atoms with van der Waals surface area (Å²) in [5.74, 6) is 0.0633. The van der Waals surface area contributed by atoms with Gasteiger partial charge in [-0.1, -0.05) is 15.9 Å². The molecule has 0 radical (unpaired) electrons. The molecule has 1 aromatic carbocycles. The highest BCUT2D eigenvalue weighted by molar-refractivity contribution is 9.10. The van der Waals surface area contributed by atoms with Crippen molar-refractivity contribution in [1.82, 2.24) is 10.2 Å². The number of amides is 2. The quantitative estimate of drug-likeness (QED) is 0.905. The van der Waals surface area contributed by atoms with Crippen LogP contribution in [0.2, 0.25) is 0 Å². The van der Waals surface area contributed by atoms with Crippen molar-refractivity contribution in [2.45, 2.75) is 25.8 Å². The third kappa shape index (κ3) is 3.35. The lowest BCUT2D eigenvalue weighted by Crippen LogP contribution is -2.48. The minimum absolute atomic E-state index is 0.0409. The highest BCUT2D eigenvalue weighted by Gasteiger charge is 2.24. The highest BCUT2D eigenvalue weighted by atomic mass is 79.9. The van der Waals surface area contributed by atoms with E-state index in [1.54, 1.807) is 18.0 Å². The average Bonchev–Trinajstić information content (AvgIpc) is 2.37. The second-order valence-electron chi connectivity index (χ2n) is 4.95. The molecule has 19 heavy (non-hydrogen) atoms. The molecule has 0 aliphatic carbocycles. The molecule has 5 heteroatoms. The van der Waals surface area contributed by atoms with Crippen molar-refractivity contribution in [2.75, 3.05) is 13.6 Å². The van der Waals surface area contributed by atoms with Crippen LogP contribution in [-0.4, -0.2) is 36.3 Å². The molecule has 4 nitrogen and oxygen atoms in total. The van der Waals surface area contributed by atoms with E-state index >= 15 is 0 Å². The lowest BCUT2D eigenvalue weighted by atomic mass is 10.0. The zero-order valence-corrected chi connectivity index (χ0v) is 12.7. The maximum atomic E-state index is 12.1. The van der Waals surface area contributed by atoms with E-state index in [-0.39, 0.29) is 17.9 Å². The molecule has 1 aromatic rings. The van der Waals surface area contributed by atoms with Crippen LogP contribution >= 0.6 is 15.9 Å². The Kier molecular flexibility index (Phi) is 4.24. The van der Waals surface area contributed by atoms with Gasteiger partial charge in [-0.2, -0.15) is 0 Å². The van der Waals surface area contributed by atoms with Crippen molar-refractivity contribution in [3.63, 3.8) is 0 Å². The topological polar surface area (TPSA) is 49.4 Å². The molecule has 1 fully saturated rings. The van der Waals surface area contributed by atoms with E-state index in [1.165, 1.54) is 0 Å². The predicted molar refractivity (Wildman–Crippen MR) is 77.0 cm³/mol. The molecule has 0 aromatic heterocycles. The zero-order chi connectivity index (χ0) is 14.0. The van der Waals surface area contributed by atoms with Crippen molar-refractivity contribution in [2.24, 2.45) is 0 Å². The van der Waals surface area contributed by atoms with Crippen molar-refractivity contribution in [3.8, 4) is 0 Å². The Morgan fingerprint density at radius 1 is 1.47 bits per heavy atom.